The normalized spacial score (nSPS) is 28.9. The lowest BCUT2D eigenvalue weighted by atomic mass is 9.91. The molecule has 19 heavy (non-hydrogen) atoms. The van der Waals surface area contributed by atoms with Crippen molar-refractivity contribution in [1.82, 2.24) is 4.90 Å². The summed E-state index contributed by atoms with van der Waals surface area (Å²) >= 11 is 0. The second-order valence-corrected chi connectivity index (χ2v) is 6.62. The Balaban J connectivity index is 1.98. The van der Waals surface area contributed by atoms with Gasteiger partial charge in [0.1, 0.15) is 0 Å². The standard InChI is InChI=1S/C18H33N/c1-2-12-17-13-10-6-7-11-16-19(17)18-14-8-4-3-5-9-15-18/h2,17-18H,1,3-16H2. The van der Waals surface area contributed by atoms with Gasteiger partial charge in [0.25, 0.3) is 0 Å². The highest BCUT2D eigenvalue weighted by Crippen LogP contribution is 2.28. The molecule has 0 aromatic rings. The topological polar surface area (TPSA) is 3.24 Å². The van der Waals surface area contributed by atoms with Crippen molar-refractivity contribution in [3.8, 4) is 0 Å². The molecule has 2 fully saturated rings. The molecule has 2 rings (SSSR count). The van der Waals surface area contributed by atoms with E-state index in [2.05, 4.69) is 17.6 Å². The highest BCUT2D eigenvalue weighted by Gasteiger charge is 2.26. The Labute approximate surface area is 120 Å². The minimum absolute atomic E-state index is 0.794. The maximum absolute atomic E-state index is 4.00. The summed E-state index contributed by atoms with van der Waals surface area (Å²) in [6.45, 7) is 5.35. The van der Waals surface area contributed by atoms with E-state index in [1.54, 1.807) is 0 Å². The van der Waals surface area contributed by atoms with E-state index in [0.29, 0.717) is 0 Å². The van der Waals surface area contributed by atoms with Crippen molar-refractivity contribution in [2.45, 2.75) is 95.6 Å². The fourth-order valence-corrected chi connectivity index (χ4v) is 4.07. The van der Waals surface area contributed by atoms with E-state index in [0.717, 1.165) is 12.1 Å². The van der Waals surface area contributed by atoms with Crippen LogP contribution < -0.4 is 0 Å². The van der Waals surface area contributed by atoms with Gasteiger partial charge in [-0.15, -0.1) is 6.58 Å². The van der Waals surface area contributed by atoms with Gasteiger partial charge in [-0.3, -0.25) is 4.90 Å². The molecule has 0 radical (unpaired) electrons. The third-order valence-corrected chi connectivity index (χ3v) is 5.16. The summed E-state index contributed by atoms with van der Waals surface area (Å²) in [5.41, 5.74) is 0. The van der Waals surface area contributed by atoms with Crippen molar-refractivity contribution < 1.29 is 0 Å². The molecule has 0 N–H and O–H groups in total. The zero-order chi connectivity index (χ0) is 13.3. The summed E-state index contributed by atoms with van der Waals surface area (Å²) in [6.07, 6.45) is 20.8. The molecule has 1 atom stereocenters. The van der Waals surface area contributed by atoms with Crippen LogP contribution in [-0.2, 0) is 0 Å². The third kappa shape index (κ3) is 4.95. The maximum atomic E-state index is 4.00. The van der Waals surface area contributed by atoms with Gasteiger partial charge in [0, 0.05) is 12.1 Å². The number of hydrogen-bond donors (Lipinski definition) is 0. The highest BCUT2D eigenvalue weighted by atomic mass is 15.2. The van der Waals surface area contributed by atoms with Crippen LogP contribution >= 0.6 is 0 Å². The van der Waals surface area contributed by atoms with Gasteiger partial charge >= 0.3 is 0 Å². The van der Waals surface area contributed by atoms with Crippen molar-refractivity contribution in [3.05, 3.63) is 12.7 Å². The highest BCUT2D eigenvalue weighted by molar-refractivity contribution is 4.86. The first kappa shape index (κ1) is 15.1. The molecule has 2 aliphatic rings. The van der Waals surface area contributed by atoms with Crippen molar-refractivity contribution in [2.75, 3.05) is 6.54 Å². The van der Waals surface area contributed by atoms with E-state index in [9.17, 15) is 0 Å². The van der Waals surface area contributed by atoms with Gasteiger partial charge in [-0.05, 0) is 38.6 Å². The Morgan fingerprint density at radius 1 is 0.789 bits per heavy atom. The first-order chi connectivity index (χ1) is 9.42. The predicted molar refractivity (Wildman–Crippen MR) is 84.5 cm³/mol. The van der Waals surface area contributed by atoms with Crippen LogP contribution in [0.25, 0.3) is 0 Å². The fraction of sp³-hybridized carbons (Fsp3) is 0.889. The van der Waals surface area contributed by atoms with E-state index >= 15 is 0 Å². The lowest BCUT2D eigenvalue weighted by Crippen LogP contribution is -2.44. The van der Waals surface area contributed by atoms with Crippen LogP contribution in [-0.4, -0.2) is 23.5 Å². The van der Waals surface area contributed by atoms with Crippen LogP contribution in [0.5, 0.6) is 0 Å². The zero-order valence-electron chi connectivity index (χ0n) is 12.8. The first-order valence-electron chi connectivity index (χ1n) is 8.78. The first-order valence-corrected chi connectivity index (χ1v) is 8.78. The van der Waals surface area contributed by atoms with Gasteiger partial charge < -0.3 is 0 Å². The number of nitrogens with zero attached hydrogens (tertiary/aromatic N) is 1. The van der Waals surface area contributed by atoms with Crippen molar-refractivity contribution in [3.63, 3.8) is 0 Å². The predicted octanol–water partition coefficient (Wildman–Crippen LogP) is 5.31. The average Bonchev–Trinajstić information content (AvgIpc) is 2.34. The van der Waals surface area contributed by atoms with Crippen molar-refractivity contribution in [1.29, 1.82) is 0 Å². The van der Waals surface area contributed by atoms with Crippen LogP contribution in [0.1, 0.15) is 83.5 Å². The summed E-state index contributed by atoms with van der Waals surface area (Å²) in [6, 6.07) is 1.67. The van der Waals surface area contributed by atoms with E-state index in [1.807, 2.05) is 0 Å². The van der Waals surface area contributed by atoms with Gasteiger partial charge in [-0.2, -0.15) is 0 Å². The Morgan fingerprint density at radius 3 is 2.05 bits per heavy atom. The van der Waals surface area contributed by atoms with Crippen LogP contribution in [0.15, 0.2) is 12.7 Å². The van der Waals surface area contributed by atoms with E-state index in [4.69, 9.17) is 0 Å². The Morgan fingerprint density at radius 2 is 1.37 bits per heavy atom. The monoisotopic (exact) mass is 263 g/mol. The van der Waals surface area contributed by atoms with Gasteiger partial charge in [-0.25, -0.2) is 0 Å². The van der Waals surface area contributed by atoms with Crippen LogP contribution in [0.2, 0.25) is 0 Å². The molecule has 1 heteroatoms. The van der Waals surface area contributed by atoms with Crippen LogP contribution in [0.4, 0.5) is 0 Å². The summed E-state index contributed by atoms with van der Waals surface area (Å²) < 4.78 is 0. The third-order valence-electron chi connectivity index (χ3n) is 5.16. The largest absolute Gasteiger partial charge is 0.297 e. The quantitative estimate of drug-likeness (QED) is 0.624. The zero-order valence-corrected chi connectivity index (χ0v) is 12.8. The minimum atomic E-state index is 0.794. The fourth-order valence-electron chi connectivity index (χ4n) is 4.07. The van der Waals surface area contributed by atoms with Crippen molar-refractivity contribution in [2.24, 2.45) is 0 Å². The molecular weight excluding hydrogens is 230 g/mol. The van der Waals surface area contributed by atoms with Gasteiger partial charge in [0.05, 0.1) is 0 Å². The van der Waals surface area contributed by atoms with Gasteiger partial charge in [-0.1, -0.05) is 57.4 Å². The van der Waals surface area contributed by atoms with Gasteiger partial charge in [0.2, 0.25) is 0 Å². The Kier molecular flexibility index (Phi) is 6.98. The second-order valence-electron chi connectivity index (χ2n) is 6.62. The molecule has 1 heterocycles. The molecule has 1 saturated heterocycles. The molecule has 0 amide bonds. The Hall–Kier alpha value is -0.300. The molecule has 0 aromatic carbocycles. The van der Waals surface area contributed by atoms with Crippen LogP contribution in [0, 0.1) is 0 Å². The molecule has 1 aliphatic heterocycles. The number of hydrogen-bond acceptors (Lipinski definition) is 1. The summed E-state index contributed by atoms with van der Waals surface area (Å²) in [4.78, 5) is 2.90. The van der Waals surface area contributed by atoms with E-state index in [-0.39, 0.29) is 0 Å². The minimum Gasteiger partial charge on any atom is -0.297 e. The summed E-state index contributed by atoms with van der Waals surface area (Å²) in [5, 5.41) is 0. The SMILES string of the molecule is C=CCC1CCCCCCN1C1CCCCCCC1. The Bertz CT molecular complexity index is 240. The summed E-state index contributed by atoms with van der Waals surface area (Å²) in [5.74, 6) is 0. The molecule has 1 unspecified atom stereocenters. The molecule has 1 saturated carbocycles. The lowest BCUT2D eigenvalue weighted by molar-refractivity contribution is 0.0950. The number of rotatable bonds is 3. The van der Waals surface area contributed by atoms with E-state index in [1.165, 1.54) is 90.0 Å². The summed E-state index contributed by atoms with van der Waals surface area (Å²) in [7, 11) is 0. The molecule has 110 valence electrons. The van der Waals surface area contributed by atoms with E-state index < -0.39 is 0 Å². The molecule has 1 nitrogen and oxygen atoms in total. The molecule has 0 spiro atoms. The smallest absolute Gasteiger partial charge is 0.0133 e. The molecule has 1 aliphatic carbocycles. The molecular formula is C18H33N. The lowest BCUT2D eigenvalue weighted by Gasteiger charge is -2.40. The second kappa shape index (κ2) is 8.79. The number of likely N-dealkylation sites (tertiary alicyclic amines) is 1. The van der Waals surface area contributed by atoms with Crippen LogP contribution in [0.3, 0.4) is 0 Å². The average molecular weight is 263 g/mol. The van der Waals surface area contributed by atoms with Gasteiger partial charge in [0.15, 0.2) is 0 Å². The maximum Gasteiger partial charge on any atom is 0.0133 e. The molecule has 0 aromatic heterocycles. The molecule has 0 bridgehead atoms. The van der Waals surface area contributed by atoms with Crippen molar-refractivity contribution >= 4 is 0 Å².